The van der Waals surface area contributed by atoms with Crippen LogP contribution in [-0.2, 0) is 6.54 Å². The van der Waals surface area contributed by atoms with Crippen molar-refractivity contribution >= 4 is 11.6 Å². The highest BCUT2D eigenvalue weighted by Crippen LogP contribution is 2.38. The van der Waals surface area contributed by atoms with Gasteiger partial charge in [-0.15, -0.1) is 0 Å². The lowest BCUT2D eigenvalue weighted by molar-refractivity contribution is 0.0722. The van der Waals surface area contributed by atoms with Gasteiger partial charge in [0.1, 0.15) is 17.6 Å². The van der Waals surface area contributed by atoms with Gasteiger partial charge in [0, 0.05) is 29.2 Å². The summed E-state index contributed by atoms with van der Waals surface area (Å²) in [5, 5.41) is 0.739. The second kappa shape index (κ2) is 9.37. The van der Waals surface area contributed by atoms with Crippen LogP contribution in [0.3, 0.4) is 0 Å². The first-order valence-electron chi connectivity index (χ1n) is 11.3. The summed E-state index contributed by atoms with van der Waals surface area (Å²) in [5.41, 5.74) is 2.58. The Hall–Kier alpha value is -2.43. The molecule has 2 aliphatic heterocycles. The van der Waals surface area contributed by atoms with E-state index >= 15 is 0 Å². The molecular formula is C26H29ClN2O2. The molecule has 5 rings (SSSR count). The molecule has 1 saturated heterocycles. The maximum Gasteiger partial charge on any atom is 0.141 e. The van der Waals surface area contributed by atoms with Crippen LogP contribution < -0.4 is 9.47 Å². The molecular weight excluding hydrogens is 408 g/mol. The van der Waals surface area contributed by atoms with Crippen LogP contribution in [0.25, 0.3) is 0 Å². The van der Waals surface area contributed by atoms with Crippen LogP contribution in [0.2, 0.25) is 5.02 Å². The molecule has 162 valence electrons. The molecule has 2 aliphatic rings. The minimum atomic E-state index is 0.133. The fraction of sp³-hybridized carbons (Fsp3) is 0.385. The van der Waals surface area contributed by atoms with E-state index in [9.17, 15) is 0 Å². The van der Waals surface area contributed by atoms with Gasteiger partial charge in [-0.1, -0.05) is 29.8 Å². The number of likely N-dealkylation sites (tertiary alicyclic amines) is 1. The molecule has 3 aromatic rings. The summed E-state index contributed by atoms with van der Waals surface area (Å²) in [5.74, 6) is 2.47. The van der Waals surface area contributed by atoms with E-state index in [0.717, 1.165) is 68.6 Å². The first-order chi connectivity index (χ1) is 15.3. The van der Waals surface area contributed by atoms with Gasteiger partial charge in [-0.25, -0.2) is 0 Å². The van der Waals surface area contributed by atoms with E-state index in [1.165, 1.54) is 11.3 Å². The number of hydrogen-bond donors (Lipinski definition) is 0. The normalized spacial score (nSPS) is 19.2. The molecule has 31 heavy (non-hydrogen) atoms. The van der Waals surface area contributed by atoms with E-state index < -0.39 is 0 Å². The third kappa shape index (κ3) is 4.76. The number of piperidine rings is 1. The highest BCUT2D eigenvalue weighted by atomic mass is 35.5. The van der Waals surface area contributed by atoms with Crippen molar-refractivity contribution in [2.45, 2.75) is 31.9 Å². The molecule has 1 unspecified atom stereocenters. The number of para-hydroxylation sites is 1. The Morgan fingerprint density at radius 2 is 1.77 bits per heavy atom. The zero-order chi connectivity index (χ0) is 21.0. The van der Waals surface area contributed by atoms with Crippen LogP contribution in [0.4, 0.5) is 0 Å². The molecule has 3 heterocycles. The van der Waals surface area contributed by atoms with E-state index in [1.807, 2.05) is 24.3 Å². The van der Waals surface area contributed by atoms with Crippen LogP contribution >= 0.6 is 11.6 Å². The topological polar surface area (TPSA) is 26.6 Å². The van der Waals surface area contributed by atoms with Gasteiger partial charge < -0.3 is 18.9 Å². The molecule has 4 nitrogen and oxygen atoms in total. The first kappa shape index (κ1) is 20.5. The number of aromatic nitrogens is 1. The molecule has 5 heteroatoms. The highest BCUT2D eigenvalue weighted by Gasteiger charge is 2.32. The Morgan fingerprint density at radius 1 is 0.968 bits per heavy atom. The van der Waals surface area contributed by atoms with Gasteiger partial charge in [0.2, 0.25) is 0 Å². The lowest BCUT2D eigenvalue weighted by atomic mass is 9.89. The van der Waals surface area contributed by atoms with Crippen LogP contribution in [0.15, 0.2) is 66.9 Å². The van der Waals surface area contributed by atoms with Crippen molar-refractivity contribution in [2.75, 3.05) is 26.2 Å². The number of halogens is 1. The van der Waals surface area contributed by atoms with Gasteiger partial charge in [0.15, 0.2) is 0 Å². The summed E-state index contributed by atoms with van der Waals surface area (Å²) >= 11 is 5.93. The van der Waals surface area contributed by atoms with Gasteiger partial charge in [-0.05, 0) is 74.8 Å². The number of fused-ring (bicyclic) bond motifs is 2. The molecule has 0 saturated carbocycles. The van der Waals surface area contributed by atoms with Gasteiger partial charge in [0.05, 0.1) is 18.8 Å². The van der Waals surface area contributed by atoms with Gasteiger partial charge in [-0.3, -0.25) is 0 Å². The summed E-state index contributed by atoms with van der Waals surface area (Å²) in [6, 6.07) is 20.4. The number of nitrogens with zero attached hydrogens (tertiary/aromatic N) is 2. The second-order valence-electron chi connectivity index (χ2n) is 8.54. The SMILES string of the molecule is Clc1ccc(OCCCN2CCC(C3Oc4ccccc4Cn4cccc43)CC2)cc1. The summed E-state index contributed by atoms with van der Waals surface area (Å²) in [4.78, 5) is 2.56. The Morgan fingerprint density at radius 3 is 2.61 bits per heavy atom. The van der Waals surface area contributed by atoms with Crippen molar-refractivity contribution < 1.29 is 9.47 Å². The summed E-state index contributed by atoms with van der Waals surface area (Å²) < 4.78 is 14.8. The molecule has 1 atom stereocenters. The van der Waals surface area contributed by atoms with E-state index in [0.29, 0.717) is 5.92 Å². The number of hydrogen-bond acceptors (Lipinski definition) is 3. The van der Waals surface area contributed by atoms with E-state index in [4.69, 9.17) is 21.1 Å². The summed E-state index contributed by atoms with van der Waals surface area (Å²) in [7, 11) is 0. The highest BCUT2D eigenvalue weighted by molar-refractivity contribution is 6.30. The van der Waals surface area contributed by atoms with E-state index in [1.54, 1.807) is 0 Å². The molecule has 0 N–H and O–H groups in total. The lowest BCUT2D eigenvalue weighted by Crippen LogP contribution is -2.37. The number of rotatable bonds is 6. The Balaban J connectivity index is 1.14. The number of ether oxygens (including phenoxy) is 2. The van der Waals surface area contributed by atoms with Crippen molar-refractivity contribution in [3.8, 4) is 11.5 Å². The average molecular weight is 437 g/mol. The van der Waals surface area contributed by atoms with Crippen LogP contribution in [0.5, 0.6) is 11.5 Å². The fourth-order valence-electron chi connectivity index (χ4n) is 4.79. The molecule has 0 radical (unpaired) electrons. The zero-order valence-corrected chi connectivity index (χ0v) is 18.5. The standard InChI is InChI=1S/C26H29ClN2O2/c27-22-8-10-23(11-9-22)30-18-4-14-28-16-12-20(13-17-28)26-24-6-3-15-29(24)19-21-5-1-2-7-25(21)31-26/h1-3,5-11,15,20,26H,4,12-14,16-19H2. The molecule has 2 aromatic carbocycles. The van der Waals surface area contributed by atoms with Gasteiger partial charge in [-0.2, -0.15) is 0 Å². The molecule has 0 amide bonds. The maximum atomic E-state index is 6.60. The van der Waals surface area contributed by atoms with Gasteiger partial charge in [0.25, 0.3) is 0 Å². The van der Waals surface area contributed by atoms with Crippen LogP contribution in [0, 0.1) is 5.92 Å². The van der Waals surface area contributed by atoms with Crippen molar-refractivity contribution in [3.63, 3.8) is 0 Å². The zero-order valence-electron chi connectivity index (χ0n) is 17.8. The Labute approximate surface area is 189 Å². The molecule has 0 aliphatic carbocycles. The first-order valence-corrected chi connectivity index (χ1v) is 11.6. The van der Waals surface area contributed by atoms with Gasteiger partial charge >= 0.3 is 0 Å². The largest absolute Gasteiger partial charge is 0.494 e. The van der Waals surface area contributed by atoms with Crippen molar-refractivity contribution in [1.29, 1.82) is 0 Å². The lowest BCUT2D eigenvalue weighted by Gasteiger charge is -2.36. The predicted molar refractivity (Wildman–Crippen MR) is 124 cm³/mol. The summed E-state index contributed by atoms with van der Waals surface area (Å²) in [6.45, 7) is 4.94. The molecule has 1 aromatic heterocycles. The smallest absolute Gasteiger partial charge is 0.141 e. The molecule has 0 bridgehead atoms. The van der Waals surface area contributed by atoms with E-state index in [2.05, 4.69) is 52.1 Å². The van der Waals surface area contributed by atoms with Crippen molar-refractivity contribution in [1.82, 2.24) is 9.47 Å². The molecule has 1 fully saturated rings. The van der Waals surface area contributed by atoms with Crippen molar-refractivity contribution in [2.24, 2.45) is 5.92 Å². The van der Waals surface area contributed by atoms with Crippen LogP contribution in [0.1, 0.15) is 36.6 Å². The second-order valence-corrected chi connectivity index (χ2v) is 8.98. The Kier molecular flexibility index (Phi) is 6.19. The van der Waals surface area contributed by atoms with E-state index in [-0.39, 0.29) is 6.10 Å². The third-order valence-corrected chi connectivity index (χ3v) is 6.74. The fourth-order valence-corrected chi connectivity index (χ4v) is 4.91. The average Bonchev–Trinajstić information content (AvgIpc) is 3.19. The third-order valence-electron chi connectivity index (χ3n) is 6.48. The monoisotopic (exact) mass is 436 g/mol. The molecule has 0 spiro atoms. The van der Waals surface area contributed by atoms with Crippen LogP contribution in [-0.4, -0.2) is 35.7 Å². The minimum Gasteiger partial charge on any atom is -0.494 e. The Bertz CT molecular complexity index is 993. The maximum absolute atomic E-state index is 6.60. The quantitative estimate of drug-likeness (QED) is 0.456. The summed E-state index contributed by atoms with van der Waals surface area (Å²) in [6.07, 6.45) is 5.67. The number of benzene rings is 2. The minimum absolute atomic E-state index is 0.133. The predicted octanol–water partition coefficient (Wildman–Crippen LogP) is 5.80. The van der Waals surface area contributed by atoms with Crippen molar-refractivity contribution in [3.05, 3.63) is 83.1 Å².